The van der Waals surface area contributed by atoms with E-state index in [1.54, 1.807) is 0 Å². The third kappa shape index (κ3) is 113. The molecule has 4 heteroatoms. The van der Waals surface area contributed by atoms with Crippen LogP contribution in [0.1, 0.15) is 0 Å². The van der Waals surface area contributed by atoms with Crippen LogP contribution in [-0.4, -0.2) is 7.05 Å². The van der Waals surface area contributed by atoms with Crippen LogP contribution in [-0.2, 0) is 0 Å². The Morgan fingerprint density at radius 2 is 1.60 bits per heavy atom. The summed E-state index contributed by atoms with van der Waals surface area (Å²) < 4.78 is 0. The molecule has 0 aliphatic carbocycles. The molecular weight excluding hydrogens is 113 g/mol. The Kier molecular flexibility index (Phi) is 87.3. The highest BCUT2D eigenvalue weighted by Gasteiger charge is 1.12. The summed E-state index contributed by atoms with van der Waals surface area (Å²) in [5.41, 5.74) is 0.750. The largest absolute Gasteiger partial charge is 1.00 e. The number of rotatable bonds is 0. The summed E-state index contributed by atoms with van der Waals surface area (Å²) in [6.07, 6.45) is 0. The lowest BCUT2D eigenvalue weighted by atomic mass is 11.6. The molecule has 0 unspecified atom stereocenters. The van der Waals surface area contributed by atoms with E-state index in [-0.39, 0.29) is 24.8 Å². The molecule has 0 heterocycles. The van der Waals surface area contributed by atoms with Gasteiger partial charge in [0.25, 0.3) is 0 Å². The molecule has 0 radical (unpaired) electrons. The maximum absolute atomic E-state index is 8.81. The zero-order chi connectivity index (χ0) is 2.71. The zero-order valence-corrected chi connectivity index (χ0v) is 4.34. The Morgan fingerprint density at radius 3 is 1.60 bits per heavy atom. The fourth-order valence-corrected chi connectivity index (χ4v) is 0. The fraction of sp³-hybridized carbons (Fsp3) is 1.00. The highest BCUT2D eigenvalue weighted by molar-refractivity contribution is 5.85. The molecule has 0 spiro atoms. The lowest BCUT2D eigenvalue weighted by Crippen LogP contribution is -3.00. The SMILES string of the molecule is C[NH2+][O-].Cl.[Cl-]. The molecular formula is CH6Cl2NO-. The van der Waals surface area contributed by atoms with Crippen LogP contribution in [0.4, 0.5) is 0 Å². The summed E-state index contributed by atoms with van der Waals surface area (Å²) >= 11 is 0. The van der Waals surface area contributed by atoms with E-state index < -0.39 is 0 Å². The van der Waals surface area contributed by atoms with Gasteiger partial charge in [0, 0.05) is 0 Å². The summed E-state index contributed by atoms with van der Waals surface area (Å²) in [4.78, 5) is 0. The standard InChI is InChI=1S/CH5NO.2ClH/c1-2-3;;/h2H2,1H3;2*1H/p-1. The Bertz CT molecular complexity index is 9.61. The molecule has 2 N–H and O–H groups in total. The van der Waals surface area contributed by atoms with Gasteiger partial charge in [0.1, 0.15) is 0 Å². The van der Waals surface area contributed by atoms with Gasteiger partial charge in [-0.15, -0.1) is 12.4 Å². The third-order valence-electron chi connectivity index (χ3n) is 0. The fourth-order valence-electron chi connectivity index (χ4n) is 0. The number of hydroxylamine groups is 1. The minimum absolute atomic E-state index is 0. The van der Waals surface area contributed by atoms with E-state index in [1.807, 2.05) is 0 Å². The number of quaternary nitrogens is 1. The Labute approximate surface area is 43.3 Å². The summed E-state index contributed by atoms with van der Waals surface area (Å²) in [6.45, 7) is 0. The van der Waals surface area contributed by atoms with Gasteiger partial charge in [-0.05, 0) is 0 Å². The molecule has 0 aromatic rings. The predicted octanol–water partition coefficient (Wildman–Crippen LogP) is -3.90. The second kappa shape index (κ2) is 24.5. The molecule has 0 amide bonds. The lowest BCUT2D eigenvalue weighted by molar-refractivity contribution is -0.557. The lowest BCUT2D eigenvalue weighted by Gasteiger charge is -1.79. The van der Waals surface area contributed by atoms with Crippen molar-refractivity contribution in [3.05, 3.63) is 5.21 Å². The monoisotopic (exact) mass is 118 g/mol. The van der Waals surface area contributed by atoms with Gasteiger partial charge in [-0.1, -0.05) is 0 Å². The van der Waals surface area contributed by atoms with Crippen LogP contribution in [0.15, 0.2) is 0 Å². The Balaban J connectivity index is -0.0000000200. The second-order valence-electron chi connectivity index (χ2n) is 0.236. The number of hydrogen-bond acceptors (Lipinski definition) is 1. The summed E-state index contributed by atoms with van der Waals surface area (Å²) in [5, 5.41) is 8.81. The van der Waals surface area contributed by atoms with E-state index >= 15 is 0 Å². The van der Waals surface area contributed by atoms with Crippen LogP contribution in [0.25, 0.3) is 0 Å². The van der Waals surface area contributed by atoms with Gasteiger partial charge >= 0.3 is 0 Å². The first-order valence-electron chi connectivity index (χ1n) is 0.813. The van der Waals surface area contributed by atoms with Crippen molar-refractivity contribution in [3.63, 3.8) is 0 Å². The summed E-state index contributed by atoms with van der Waals surface area (Å²) in [5.74, 6) is 0. The van der Waals surface area contributed by atoms with E-state index in [1.165, 1.54) is 7.05 Å². The Hall–Kier alpha value is 0.500. The topological polar surface area (TPSA) is 39.7 Å². The highest BCUT2D eigenvalue weighted by Crippen LogP contribution is 0.692. The highest BCUT2D eigenvalue weighted by atomic mass is 35.5. The van der Waals surface area contributed by atoms with Crippen molar-refractivity contribution in [1.29, 1.82) is 0 Å². The van der Waals surface area contributed by atoms with E-state index in [0.717, 1.165) is 5.48 Å². The van der Waals surface area contributed by atoms with Crippen LogP contribution < -0.4 is 17.9 Å². The van der Waals surface area contributed by atoms with E-state index in [4.69, 9.17) is 5.21 Å². The quantitative estimate of drug-likeness (QED) is 0.325. The molecule has 0 saturated heterocycles. The maximum atomic E-state index is 8.81. The van der Waals surface area contributed by atoms with Gasteiger partial charge in [-0.25, -0.2) is 0 Å². The van der Waals surface area contributed by atoms with Crippen LogP contribution in [0, 0.1) is 5.21 Å². The first kappa shape index (κ1) is 17.8. The third-order valence-corrected chi connectivity index (χ3v) is 0. The van der Waals surface area contributed by atoms with Crippen LogP contribution in [0.5, 0.6) is 0 Å². The maximum Gasteiger partial charge on any atom is 0.0647 e. The van der Waals surface area contributed by atoms with Gasteiger partial charge in [-0.3, -0.25) is 0 Å². The molecule has 0 aliphatic heterocycles. The first-order chi connectivity index (χ1) is 1.41. The predicted molar refractivity (Wildman–Crippen MR) is 18.5 cm³/mol. The average molecular weight is 119 g/mol. The minimum Gasteiger partial charge on any atom is -1.00 e. The molecule has 0 bridgehead atoms. The molecule has 5 heavy (non-hydrogen) atoms. The minimum atomic E-state index is 0. The molecule has 0 aliphatic rings. The summed E-state index contributed by atoms with van der Waals surface area (Å²) in [7, 11) is 1.44. The van der Waals surface area contributed by atoms with Crippen molar-refractivity contribution in [1.82, 2.24) is 0 Å². The number of halogens is 2. The van der Waals surface area contributed by atoms with Crippen LogP contribution in [0.3, 0.4) is 0 Å². The van der Waals surface area contributed by atoms with Gasteiger partial charge in [0.05, 0.1) is 7.05 Å². The van der Waals surface area contributed by atoms with Gasteiger partial charge in [0.15, 0.2) is 0 Å². The van der Waals surface area contributed by atoms with Crippen molar-refractivity contribution in [2.45, 2.75) is 0 Å². The molecule has 0 aromatic carbocycles. The number of hydrogen-bond donors (Lipinski definition) is 1. The Morgan fingerprint density at radius 1 is 1.60 bits per heavy atom. The molecule has 36 valence electrons. The van der Waals surface area contributed by atoms with Crippen molar-refractivity contribution in [2.24, 2.45) is 0 Å². The molecule has 0 atom stereocenters. The van der Waals surface area contributed by atoms with Crippen molar-refractivity contribution in [2.75, 3.05) is 7.05 Å². The van der Waals surface area contributed by atoms with Gasteiger partial charge < -0.3 is 23.1 Å². The van der Waals surface area contributed by atoms with Gasteiger partial charge in [0.2, 0.25) is 0 Å². The van der Waals surface area contributed by atoms with E-state index in [0.29, 0.717) is 0 Å². The second-order valence-corrected chi connectivity index (χ2v) is 0.236. The zero-order valence-electron chi connectivity index (χ0n) is 2.77. The van der Waals surface area contributed by atoms with Crippen molar-refractivity contribution < 1.29 is 17.9 Å². The molecule has 0 rings (SSSR count). The van der Waals surface area contributed by atoms with Crippen LogP contribution >= 0.6 is 12.4 Å². The van der Waals surface area contributed by atoms with Crippen LogP contribution in [0.2, 0.25) is 0 Å². The van der Waals surface area contributed by atoms with Crippen molar-refractivity contribution in [3.8, 4) is 0 Å². The van der Waals surface area contributed by atoms with Crippen molar-refractivity contribution >= 4 is 12.4 Å². The summed E-state index contributed by atoms with van der Waals surface area (Å²) in [6, 6.07) is 0. The average Bonchev–Trinajstić information content (AvgIpc) is 0.918. The smallest absolute Gasteiger partial charge is 0.0647 e. The normalized spacial score (nSPS) is 3.60. The molecule has 0 saturated carbocycles. The first-order valence-corrected chi connectivity index (χ1v) is 0.813. The molecule has 0 fully saturated rings. The van der Waals surface area contributed by atoms with E-state index in [2.05, 4.69) is 0 Å². The van der Waals surface area contributed by atoms with E-state index in [9.17, 15) is 0 Å². The number of nitrogens with two attached hydrogens (primary N) is 1. The molecule has 2 nitrogen and oxygen atoms in total. The molecule has 0 aromatic heterocycles. The van der Waals surface area contributed by atoms with Gasteiger partial charge in [-0.2, -0.15) is 0 Å².